The van der Waals surface area contributed by atoms with E-state index in [2.05, 4.69) is 18.7 Å². The zero-order valence-corrected chi connectivity index (χ0v) is 11.6. The van der Waals surface area contributed by atoms with E-state index < -0.39 is 5.97 Å². The Hall–Kier alpha value is -1.05. The van der Waals surface area contributed by atoms with Crippen molar-refractivity contribution in [1.82, 2.24) is 0 Å². The van der Waals surface area contributed by atoms with Crippen LogP contribution in [0.5, 0.6) is 0 Å². The van der Waals surface area contributed by atoms with Gasteiger partial charge in [-0.2, -0.15) is 0 Å². The van der Waals surface area contributed by atoms with E-state index in [4.69, 9.17) is 5.11 Å². The van der Waals surface area contributed by atoms with Crippen molar-refractivity contribution < 1.29 is 9.90 Å². The fraction of sp³-hybridized carbons (Fsp3) is 0.688. The minimum atomic E-state index is -0.670. The molecule has 18 heavy (non-hydrogen) atoms. The van der Waals surface area contributed by atoms with E-state index in [1.807, 2.05) is 6.08 Å². The predicted octanol–water partition coefficient (Wildman–Crippen LogP) is 5.10. The molecule has 104 valence electrons. The molecule has 0 saturated heterocycles. The first-order chi connectivity index (χ1) is 8.77. The van der Waals surface area contributed by atoms with Crippen molar-refractivity contribution in [2.24, 2.45) is 0 Å². The molecule has 0 atom stereocenters. The Morgan fingerprint density at radius 3 is 2.00 bits per heavy atom. The van der Waals surface area contributed by atoms with Gasteiger partial charge in [-0.15, -0.1) is 6.58 Å². The van der Waals surface area contributed by atoms with E-state index in [1.54, 1.807) is 0 Å². The van der Waals surface area contributed by atoms with Crippen LogP contribution >= 0.6 is 0 Å². The van der Waals surface area contributed by atoms with Gasteiger partial charge in [0, 0.05) is 6.42 Å². The summed E-state index contributed by atoms with van der Waals surface area (Å²) in [6, 6.07) is 0. The third-order valence-electron chi connectivity index (χ3n) is 2.96. The molecule has 0 spiro atoms. The van der Waals surface area contributed by atoms with Crippen molar-refractivity contribution in [1.29, 1.82) is 0 Å². The van der Waals surface area contributed by atoms with Gasteiger partial charge < -0.3 is 5.11 Å². The van der Waals surface area contributed by atoms with Crippen molar-refractivity contribution in [3.8, 4) is 0 Å². The summed E-state index contributed by atoms with van der Waals surface area (Å²) in [6.45, 7) is 3.70. The SMILES string of the molecule is C=CCCCC=CCCCCCCCCC(=O)O. The second-order valence-corrected chi connectivity index (χ2v) is 4.74. The third kappa shape index (κ3) is 14.9. The number of aliphatic carboxylic acids is 1. The van der Waals surface area contributed by atoms with Crippen molar-refractivity contribution in [2.45, 2.75) is 70.6 Å². The van der Waals surface area contributed by atoms with Crippen LogP contribution in [0.2, 0.25) is 0 Å². The lowest BCUT2D eigenvalue weighted by atomic mass is 10.1. The second kappa shape index (κ2) is 14.0. The Balaban J connectivity index is 3.06. The molecule has 0 amide bonds. The molecule has 0 bridgehead atoms. The van der Waals surface area contributed by atoms with Gasteiger partial charge in [-0.3, -0.25) is 4.79 Å². The summed E-state index contributed by atoms with van der Waals surface area (Å²) in [5.41, 5.74) is 0. The highest BCUT2D eigenvalue weighted by Gasteiger charge is 1.96. The highest BCUT2D eigenvalue weighted by Crippen LogP contribution is 2.09. The summed E-state index contributed by atoms with van der Waals surface area (Å²) in [6.07, 6.45) is 18.4. The summed E-state index contributed by atoms with van der Waals surface area (Å²) in [7, 11) is 0. The van der Waals surface area contributed by atoms with Crippen LogP contribution in [-0.2, 0) is 4.79 Å². The van der Waals surface area contributed by atoms with E-state index in [9.17, 15) is 4.79 Å². The summed E-state index contributed by atoms with van der Waals surface area (Å²) >= 11 is 0. The predicted molar refractivity (Wildman–Crippen MR) is 77.8 cm³/mol. The maximum Gasteiger partial charge on any atom is 0.303 e. The second-order valence-electron chi connectivity index (χ2n) is 4.74. The van der Waals surface area contributed by atoms with Crippen molar-refractivity contribution in [3.05, 3.63) is 24.8 Å². The molecule has 2 nitrogen and oxygen atoms in total. The molecule has 0 unspecified atom stereocenters. The van der Waals surface area contributed by atoms with Gasteiger partial charge in [0.1, 0.15) is 0 Å². The van der Waals surface area contributed by atoms with E-state index in [1.165, 1.54) is 44.9 Å². The third-order valence-corrected chi connectivity index (χ3v) is 2.96. The normalized spacial score (nSPS) is 10.9. The number of carboxylic acid groups (broad SMARTS) is 1. The molecule has 0 saturated carbocycles. The number of carboxylic acids is 1. The Kier molecular flexibility index (Phi) is 13.2. The maximum absolute atomic E-state index is 10.3. The molecule has 0 aliphatic heterocycles. The zero-order valence-electron chi connectivity index (χ0n) is 11.6. The van der Waals surface area contributed by atoms with Crippen LogP contribution in [0, 0.1) is 0 Å². The first-order valence-corrected chi connectivity index (χ1v) is 7.25. The van der Waals surface area contributed by atoms with Crippen LogP contribution in [0.1, 0.15) is 70.6 Å². The van der Waals surface area contributed by atoms with Crippen LogP contribution in [0.4, 0.5) is 0 Å². The van der Waals surface area contributed by atoms with Crippen LogP contribution in [0.15, 0.2) is 24.8 Å². The van der Waals surface area contributed by atoms with Gasteiger partial charge in [0.25, 0.3) is 0 Å². The topological polar surface area (TPSA) is 37.3 Å². The Morgan fingerprint density at radius 1 is 0.833 bits per heavy atom. The van der Waals surface area contributed by atoms with Crippen LogP contribution in [-0.4, -0.2) is 11.1 Å². The number of rotatable bonds is 13. The standard InChI is InChI=1S/C16H28O2/c1-2-3-4-5-6-7-8-9-10-11-12-13-14-15-16(17)18/h2,6-7H,1,3-5,8-15H2,(H,17,18). The van der Waals surface area contributed by atoms with Gasteiger partial charge in [0.05, 0.1) is 0 Å². The molecule has 0 radical (unpaired) electrons. The number of carbonyl (C=O) groups is 1. The number of hydrogen-bond donors (Lipinski definition) is 1. The molecular weight excluding hydrogens is 224 g/mol. The first-order valence-electron chi connectivity index (χ1n) is 7.25. The average Bonchev–Trinajstić information content (AvgIpc) is 2.34. The molecule has 0 aromatic heterocycles. The molecule has 0 fully saturated rings. The summed E-state index contributed by atoms with van der Waals surface area (Å²) in [5, 5.41) is 8.48. The van der Waals surface area contributed by atoms with Crippen LogP contribution in [0.25, 0.3) is 0 Å². The first kappa shape index (κ1) is 16.9. The van der Waals surface area contributed by atoms with Gasteiger partial charge in [-0.05, 0) is 38.5 Å². The zero-order chi connectivity index (χ0) is 13.5. The fourth-order valence-electron chi connectivity index (χ4n) is 1.86. The Bertz CT molecular complexity index is 231. The quantitative estimate of drug-likeness (QED) is 0.365. The maximum atomic E-state index is 10.3. The van der Waals surface area contributed by atoms with Gasteiger partial charge in [-0.1, -0.05) is 43.9 Å². The monoisotopic (exact) mass is 252 g/mol. The number of unbranched alkanes of at least 4 members (excludes halogenated alkanes) is 8. The Labute approximate surface area is 112 Å². The Morgan fingerprint density at radius 2 is 1.39 bits per heavy atom. The van der Waals surface area contributed by atoms with Gasteiger partial charge in [0.15, 0.2) is 0 Å². The highest BCUT2D eigenvalue weighted by molar-refractivity contribution is 5.66. The van der Waals surface area contributed by atoms with E-state index in [-0.39, 0.29) is 0 Å². The van der Waals surface area contributed by atoms with Crippen molar-refractivity contribution in [2.75, 3.05) is 0 Å². The largest absolute Gasteiger partial charge is 0.481 e. The molecule has 0 aliphatic rings. The molecule has 0 rings (SSSR count). The van der Waals surface area contributed by atoms with Gasteiger partial charge in [-0.25, -0.2) is 0 Å². The van der Waals surface area contributed by atoms with Gasteiger partial charge in [0.2, 0.25) is 0 Å². The molecular formula is C16H28O2. The smallest absolute Gasteiger partial charge is 0.303 e. The minimum Gasteiger partial charge on any atom is -0.481 e. The lowest BCUT2D eigenvalue weighted by Gasteiger charge is -1.99. The highest BCUT2D eigenvalue weighted by atomic mass is 16.4. The molecule has 2 heteroatoms. The van der Waals surface area contributed by atoms with E-state index in [0.717, 1.165) is 19.3 Å². The number of allylic oxidation sites excluding steroid dienone is 3. The minimum absolute atomic E-state index is 0.327. The van der Waals surface area contributed by atoms with E-state index in [0.29, 0.717) is 6.42 Å². The summed E-state index contributed by atoms with van der Waals surface area (Å²) < 4.78 is 0. The van der Waals surface area contributed by atoms with Crippen molar-refractivity contribution in [3.63, 3.8) is 0 Å². The van der Waals surface area contributed by atoms with Crippen LogP contribution < -0.4 is 0 Å². The van der Waals surface area contributed by atoms with Crippen LogP contribution in [0.3, 0.4) is 0 Å². The fourth-order valence-corrected chi connectivity index (χ4v) is 1.86. The molecule has 0 aliphatic carbocycles. The van der Waals surface area contributed by atoms with Crippen molar-refractivity contribution >= 4 is 5.97 Å². The molecule has 0 heterocycles. The summed E-state index contributed by atoms with van der Waals surface area (Å²) in [4.78, 5) is 10.3. The lowest BCUT2D eigenvalue weighted by Crippen LogP contribution is -1.93. The summed E-state index contributed by atoms with van der Waals surface area (Å²) in [5.74, 6) is -0.670. The molecule has 0 aromatic carbocycles. The van der Waals surface area contributed by atoms with E-state index >= 15 is 0 Å². The average molecular weight is 252 g/mol. The van der Waals surface area contributed by atoms with Gasteiger partial charge >= 0.3 is 5.97 Å². The molecule has 0 aromatic rings. The molecule has 1 N–H and O–H groups in total. The number of hydrogen-bond acceptors (Lipinski definition) is 1. The lowest BCUT2D eigenvalue weighted by molar-refractivity contribution is -0.137.